The van der Waals surface area contributed by atoms with Crippen molar-refractivity contribution < 1.29 is 0 Å². The Morgan fingerprint density at radius 2 is 1.60 bits per heavy atom. The van der Waals surface area contributed by atoms with Gasteiger partial charge in [0.25, 0.3) is 0 Å². The van der Waals surface area contributed by atoms with E-state index in [1.54, 1.807) is 0 Å². The van der Waals surface area contributed by atoms with E-state index in [2.05, 4.69) is 13.8 Å². The first-order valence-electron chi connectivity index (χ1n) is 2.41. The van der Waals surface area contributed by atoms with Gasteiger partial charge in [0.05, 0.1) is 0 Å². The van der Waals surface area contributed by atoms with E-state index in [1.807, 2.05) is 0 Å². The van der Waals surface area contributed by atoms with Crippen molar-refractivity contribution in [2.24, 2.45) is 0 Å². The summed E-state index contributed by atoms with van der Waals surface area (Å²) in [6.07, 6.45) is 0. The van der Waals surface area contributed by atoms with Gasteiger partial charge in [-0.15, -0.1) is 0 Å². The molecule has 0 aromatic rings. The molecule has 0 rings (SSSR count). The van der Waals surface area contributed by atoms with Gasteiger partial charge in [-0.1, -0.05) is 0 Å². The van der Waals surface area contributed by atoms with Gasteiger partial charge in [0.15, 0.2) is 0 Å². The van der Waals surface area contributed by atoms with E-state index in [4.69, 9.17) is 0 Å². The van der Waals surface area contributed by atoms with Gasteiger partial charge in [-0.3, -0.25) is 0 Å². The van der Waals surface area contributed by atoms with E-state index >= 15 is 0 Å². The normalized spacial score (nSPS) is 6.80. The third-order valence-electron chi connectivity index (χ3n) is 0.707. The van der Waals surface area contributed by atoms with Crippen LogP contribution in [-0.4, -0.2) is 33.8 Å². The molecule has 0 aromatic carbocycles. The molecule has 0 aromatic heterocycles. The molecule has 0 atom stereocenters. The van der Waals surface area contributed by atoms with Gasteiger partial charge in [0.1, 0.15) is 0 Å². The van der Waals surface area contributed by atoms with Crippen molar-refractivity contribution >= 4 is 33.8 Å². The predicted octanol–water partition coefficient (Wildman–Crippen LogP) is 1.57. The Hall–Kier alpha value is 1.26. The van der Waals surface area contributed by atoms with Crippen LogP contribution in [-0.2, 0) is 0 Å². The summed E-state index contributed by atoms with van der Waals surface area (Å²) < 4.78 is 3.06. The van der Waals surface area contributed by atoms with Gasteiger partial charge in [-0.05, 0) is 0 Å². The average molecular weight is 98.2 g/mol. The molecule has 0 bridgehead atoms. The van der Waals surface area contributed by atoms with E-state index in [1.165, 1.54) is 5.04 Å². The molecule has 0 nitrogen and oxygen atoms in total. The second-order valence-corrected chi connectivity index (χ2v) is 5.58. The second-order valence-electron chi connectivity index (χ2n) is 1.35. The summed E-state index contributed by atoms with van der Waals surface area (Å²) in [5.41, 5.74) is 0. The van der Waals surface area contributed by atoms with Gasteiger partial charge < -0.3 is 0 Å². The van der Waals surface area contributed by atoms with Crippen molar-refractivity contribution in [3.05, 3.63) is 0 Å². The van der Waals surface area contributed by atoms with Crippen molar-refractivity contribution in [1.82, 2.24) is 0 Å². The van der Waals surface area contributed by atoms with Crippen molar-refractivity contribution in [3.8, 4) is 0 Å². The van der Waals surface area contributed by atoms with Crippen LogP contribution in [0.3, 0.4) is 0 Å². The molecule has 0 spiro atoms. The SMILES string of the molecule is C[CH2][Ca][CH2]C. The standard InChI is InChI=1S/2C2H5.Ca/c2*1-2;/h2*1H2,2H3;. The summed E-state index contributed by atoms with van der Waals surface area (Å²) in [6.45, 7) is 4.59. The molecule has 1 heteroatoms. The third-order valence-corrected chi connectivity index (χ3v) is 2.92. The van der Waals surface area contributed by atoms with Crippen molar-refractivity contribution in [3.63, 3.8) is 0 Å². The van der Waals surface area contributed by atoms with E-state index in [0.717, 1.165) is 0 Å². The van der Waals surface area contributed by atoms with E-state index in [0.29, 0.717) is 0 Å². The Kier molecular flexibility index (Phi) is 6.58. The fourth-order valence-electron chi connectivity index (χ4n) is 0.354. The van der Waals surface area contributed by atoms with Gasteiger partial charge >= 0.3 is 52.7 Å². The Labute approximate surface area is 52.2 Å². The van der Waals surface area contributed by atoms with Crippen LogP contribution in [0.25, 0.3) is 0 Å². The van der Waals surface area contributed by atoms with Crippen LogP contribution in [0.5, 0.6) is 0 Å². The fraction of sp³-hybridized carbons (Fsp3) is 1.00. The maximum atomic E-state index is 2.30. The molecule has 0 heterocycles. The zero-order valence-corrected chi connectivity index (χ0v) is 6.33. The summed E-state index contributed by atoms with van der Waals surface area (Å²) in [5, 5.41) is 0. The third kappa shape index (κ3) is 5.26. The molecule has 0 aliphatic carbocycles. The molecule has 5 heavy (non-hydrogen) atoms. The van der Waals surface area contributed by atoms with Crippen LogP contribution in [0, 0.1) is 0 Å². The molecule has 0 radical (unpaired) electrons. The molecule has 28 valence electrons. The molecule has 0 saturated carbocycles. The van der Waals surface area contributed by atoms with E-state index in [9.17, 15) is 0 Å². The van der Waals surface area contributed by atoms with E-state index in [-0.39, 0.29) is 33.8 Å². The summed E-state index contributed by atoms with van der Waals surface area (Å²) in [5.74, 6) is 0. The summed E-state index contributed by atoms with van der Waals surface area (Å²) >= 11 is 0.0972. The van der Waals surface area contributed by atoms with Crippen molar-refractivity contribution in [1.29, 1.82) is 0 Å². The first-order chi connectivity index (χ1) is 2.41. The molecule has 0 aliphatic rings. The molecule has 0 N–H and O–H groups in total. The molecule has 0 aliphatic heterocycles. The van der Waals surface area contributed by atoms with Crippen molar-refractivity contribution in [2.75, 3.05) is 0 Å². The first kappa shape index (κ1) is 6.26. The molecule has 0 unspecified atom stereocenters. The Morgan fingerprint density at radius 3 is 1.60 bits per heavy atom. The number of hydrogen-bond donors (Lipinski definition) is 0. The fourth-order valence-corrected chi connectivity index (χ4v) is 1.46. The zero-order valence-electron chi connectivity index (χ0n) is 4.12. The molecule has 0 amide bonds. The van der Waals surface area contributed by atoms with Gasteiger partial charge in [-0.25, -0.2) is 0 Å². The molecular weight excluding hydrogens is 88.1 g/mol. The Bertz CT molecular complexity index is 11.1. The minimum atomic E-state index is 0.0972. The molecule has 0 fully saturated rings. The quantitative estimate of drug-likeness (QED) is 0.460. The van der Waals surface area contributed by atoms with Crippen LogP contribution in [0.2, 0.25) is 5.04 Å². The second kappa shape index (κ2) is 5.26. The Balaban J connectivity index is 2.19. The minimum absolute atomic E-state index is 0.0972. The van der Waals surface area contributed by atoms with Crippen LogP contribution >= 0.6 is 0 Å². The van der Waals surface area contributed by atoms with Crippen LogP contribution < -0.4 is 0 Å². The zero-order chi connectivity index (χ0) is 4.12. The monoisotopic (exact) mass is 98.0 g/mol. The summed E-state index contributed by atoms with van der Waals surface area (Å²) in [6, 6.07) is 0. The van der Waals surface area contributed by atoms with E-state index < -0.39 is 0 Å². The number of rotatable bonds is 2. The topological polar surface area (TPSA) is 0 Å². The summed E-state index contributed by atoms with van der Waals surface area (Å²) in [4.78, 5) is 0. The average Bonchev–Trinajstić information content (AvgIpc) is 1.41. The van der Waals surface area contributed by atoms with Crippen LogP contribution in [0.15, 0.2) is 0 Å². The van der Waals surface area contributed by atoms with Gasteiger partial charge in [0.2, 0.25) is 0 Å². The van der Waals surface area contributed by atoms with Crippen LogP contribution in [0.4, 0.5) is 0 Å². The maximum absolute atomic E-state index is 2.30. The molecule has 0 saturated heterocycles. The Morgan fingerprint density at radius 1 is 1.20 bits per heavy atom. The molecular formula is C4H10Ca. The first-order valence-corrected chi connectivity index (χ1v) is 5.54. The summed E-state index contributed by atoms with van der Waals surface area (Å²) in [7, 11) is 0. The van der Waals surface area contributed by atoms with Gasteiger partial charge in [0, 0.05) is 0 Å². The number of hydrogen-bond acceptors (Lipinski definition) is 0. The van der Waals surface area contributed by atoms with Crippen LogP contribution in [0.1, 0.15) is 13.8 Å². The van der Waals surface area contributed by atoms with Gasteiger partial charge in [-0.2, -0.15) is 0 Å². The predicted molar refractivity (Wildman–Crippen MR) is 26.7 cm³/mol. The van der Waals surface area contributed by atoms with Crippen molar-refractivity contribution in [2.45, 2.75) is 18.9 Å².